The van der Waals surface area contributed by atoms with Gasteiger partial charge in [0.1, 0.15) is 12.1 Å². The predicted molar refractivity (Wildman–Crippen MR) is 96.6 cm³/mol. The van der Waals surface area contributed by atoms with Crippen LogP contribution in [0.1, 0.15) is 31.9 Å². The number of carbonyl (C=O) groups is 2. The number of hydrogen-bond acceptors (Lipinski definition) is 5. The van der Waals surface area contributed by atoms with Crippen molar-refractivity contribution in [2.24, 2.45) is 5.92 Å². The molecule has 1 aliphatic rings. The van der Waals surface area contributed by atoms with Gasteiger partial charge in [0.2, 0.25) is 11.8 Å². The zero-order valence-electron chi connectivity index (χ0n) is 15.5. The van der Waals surface area contributed by atoms with Crippen LogP contribution in [0.5, 0.6) is 0 Å². The quantitative estimate of drug-likeness (QED) is 0.418. The van der Waals surface area contributed by atoms with E-state index in [9.17, 15) is 27.2 Å². The normalized spacial score (nSPS) is 21.4. The van der Waals surface area contributed by atoms with Gasteiger partial charge >= 0.3 is 5.51 Å². The highest BCUT2D eigenvalue weighted by Crippen LogP contribution is 2.39. The predicted octanol–water partition coefficient (Wildman–Crippen LogP) is 2.23. The van der Waals surface area contributed by atoms with Gasteiger partial charge in [-0.3, -0.25) is 20.2 Å². The molecular formula is C17H22F4N4O2S. The van der Waals surface area contributed by atoms with Gasteiger partial charge in [-0.25, -0.2) is 4.39 Å². The molecule has 1 aliphatic heterocycles. The number of halogens is 4. The van der Waals surface area contributed by atoms with E-state index in [1.165, 1.54) is 6.07 Å². The molecule has 1 aromatic rings. The lowest BCUT2D eigenvalue weighted by Gasteiger charge is -2.32. The lowest BCUT2D eigenvalue weighted by molar-refractivity contribution is -0.132. The second kappa shape index (κ2) is 9.10. The van der Waals surface area contributed by atoms with Crippen molar-refractivity contribution in [3.63, 3.8) is 0 Å². The molecule has 1 heterocycles. The highest BCUT2D eigenvalue weighted by Gasteiger charge is 2.33. The van der Waals surface area contributed by atoms with Gasteiger partial charge in [0.15, 0.2) is 0 Å². The third kappa shape index (κ3) is 6.08. The summed E-state index contributed by atoms with van der Waals surface area (Å²) in [5.41, 5.74) is -4.25. The molecule has 1 aromatic carbocycles. The van der Waals surface area contributed by atoms with Crippen molar-refractivity contribution in [1.82, 2.24) is 21.3 Å². The van der Waals surface area contributed by atoms with Gasteiger partial charge in [-0.05, 0) is 42.4 Å². The van der Waals surface area contributed by atoms with Crippen LogP contribution in [0.25, 0.3) is 0 Å². The van der Waals surface area contributed by atoms with Crippen molar-refractivity contribution < 1.29 is 27.2 Å². The molecule has 2 unspecified atom stereocenters. The monoisotopic (exact) mass is 422 g/mol. The van der Waals surface area contributed by atoms with E-state index in [0.717, 1.165) is 12.1 Å². The minimum Gasteiger partial charge on any atom is -0.348 e. The highest BCUT2D eigenvalue weighted by molar-refractivity contribution is 8.00. The van der Waals surface area contributed by atoms with Crippen LogP contribution in [0.15, 0.2) is 23.1 Å². The standard InChI is InChI=1S/C17H22F4N4O2S/c1-8(2)14(9-4-5-12(10(18)6-9)28-17(19,20)21)25-15(27)11-7-13(26)24-16(22-3)23-11/h4-6,8,11,14,16,22-23H,7H2,1-3H3,(H,24,26)(H,25,27)/t11?,14-,16?/m1/s1. The number of carbonyl (C=O) groups excluding carboxylic acids is 2. The Morgan fingerprint density at radius 3 is 2.54 bits per heavy atom. The van der Waals surface area contributed by atoms with Crippen LogP contribution in [-0.4, -0.2) is 36.7 Å². The Kier molecular flexibility index (Phi) is 7.29. The van der Waals surface area contributed by atoms with E-state index >= 15 is 0 Å². The summed E-state index contributed by atoms with van der Waals surface area (Å²) in [7, 11) is 1.61. The SMILES string of the molecule is CNC1NC(=O)CC(C(=O)N[C@@H](c2ccc(SC(F)(F)F)c(F)c2)C(C)C)N1. The van der Waals surface area contributed by atoms with Crippen LogP contribution in [0.2, 0.25) is 0 Å². The number of nitrogens with one attached hydrogen (secondary N) is 4. The van der Waals surface area contributed by atoms with Crippen molar-refractivity contribution in [2.45, 2.75) is 49.0 Å². The smallest absolute Gasteiger partial charge is 0.348 e. The van der Waals surface area contributed by atoms with E-state index in [0.29, 0.717) is 5.56 Å². The maximum atomic E-state index is 14.1. The van der Waals surface area contributed by atoms with Crippen LogP contribution in [0, 0.1) is 11.7 Å². The maximum absolute atomic E-state index is 14.1. The molecule has 4 N–H and O–H groups in total. The summed E-state index contributed by atoms with van der Waals surface area (Å²) in [6.07, 6.45) is -0.629. The first-order valence-electron chi connectivity index (χ1n) is 8.58. The van der Waals surface area contributed by atoms with E-state index in [4.69, 9.17) is 0 Å². The Bertz CT molecular complexity index is 730. The fourth-order valence-electron chi connectivity index (χ4n) is 2.84. The van der Waals surface area contributed by atoms with E-state index < -0.39 is 52.3 Å². The second-order valence-electron chi connectivity index (χ2n) is 6.68. The van der Waals surface area contributed by atoms with Crippen molar-refractivity contribution in [3.05, 3.63) is 29.6 Å². The lowest BCUT2D eigenvalue weighted by Crippen LogP contribution is -2.65. The van der Waals surface area contributed by atoms with Crippen LogP contribution in [0.4, 0.5) is 17.6 Å². The van der Waals surface area contributed by atoms with Gasteiger partial charge in [-0.2, -0.15) is 13.2 Å². The van der Waals surface area contributed by atoms with E-state index in [2.05, 4.69) is 21.3 Å². The Labute approximate surface area is 164 Å². The van der Waals surface area contributed by atoms with Crippen molar-refractivity contribution in [2.75, 3.05) is 7.05 Å². The molecule has 2 amide bonds. The summed E-state index contributed by atoms with van der Waals surface area (Å²) in [5.74, 6) is -1.94. The number of hydrogen-bond donors (Lipinski definition) is 4. The topological polar surface area (TPSA) is 82.3 Å². The van der Waals surface area contributed by atoms with E-state index in [1.54, 1.807) is 20.9 Å². The molecule has 3 atom stereocenters. The molecule has 2 rings (SSSR count). The van der Waals surface area contributed by atoms with Gasteiger partial charge in [0.05, 0.1) is 23.4 Å². The van der Waals surface area contributed by atoms with Crippen LogP contribution in [0.3, 0.4) is 0 Å². The number of rotatable bonds is 6. The average molecular weight is 422 g/mol. The average Bonchev–Trinajstić information content (AvgIpc) is 2.59. The van der Waals surface area contributed by atoms with Gasteiger partial charge in [-0.15, -0.1) is 0 Å². The number of amides is 2. The molecule has 0 aliphatic carbocycles. The first-order valence-corrected chi connectivity index (χ1v) is 9.40. The van der Waals surface area contributed by atoms with Crippen LogP contribution in [-0.2, 0) is 9.59 Å². The third-order valence-electron chi connectivity index (χ3n) is 4.17. The van der Waals surface area contributed by atoms with Gasteiger partial charge in [0.25, 0.3) is 0 Å². The summed E-state index contributed by atoms with van der Waals surface area (Å²) >= 11 is -0.528. The second-order valence-corrected chi connectivity index (χ2v) is 7.79. The molecule has 0 spiro atoms. The van der Waals surface area contributed by atoms with Crippen LogP contribution < -0.4 is 21.3 Å². The molecule has 11 heteroatoms. The van der Waals surface area contributed by atoms with Gasteiger partial charge in [0, 0.05) is 0 Å². The minimum atomic E-state index is -4.59. The van der Waals surface area contributed by atoms with Crippen molar-refractivity contribution in [3.8, 4) is 0 Å². The zero-order valence-corrected chi connectivity index (χ0v) is 16.3. The summed E-state index contributed by atoms with van der Waals surface area (Å²) < 4.78 is 51.6. The zero-order chi connectivity index (χ0) is 21.1. The highest BCUT2D eigenvalue weighted by atomic mass is 32.2. The largest absolute Gasteiger partial charge is 0.446 e. The first-order chi connectivity index (χ1) is 13.0. The molecule has 1 saturated heterocycles. The molecule has 156 valence electrons. The number of alkyl halides is 3. The van der Waals surface area contributed by atoms with Crippen molar-refractivity contribution in [1.29, 1.82) is 0 Å². The number of benzene rings is 1. The fraction of sp³-hybridized carbons (Fsp3) is 0.529. The molecule has 1 fully saturated rings. The molecule has 0 radical (unpaired) electrons. The molecule has 28 heavy (non-hydrogen) atoms. The van der Waals surface area contributed by atoms with Gasteiger partial charge < -0.3 is 10.6 Å². The van der Waals surface area contributed by atoms with E-state index in [1.807, 2.05) is 0 Å². The summed E-state index contributed by atoms with van der Waals surface area (Å²) in [5, 5.41) is 11.1. The summed E-state index contributed by atoms with van der Waals surface area (Å²) in [6.45, 7) is 3.58. The molecule has 0 bridgehead atoms. The Hall–Kier alpha value is -1.85. The Morgan fingerprint density at radius 2 is 2.00 bits per heavy atom. The lowest BCUT2D eigenvalue weighted by atomic mass is 9.95. The van der Waals surface area contributed by atoms with Crippen LogP contribution >= 0.6 is 11.8 Å². The minimum absolute atomic E-state index is 0.0651. The molecule has 6 nitrogen and oxygen atoms in total. The Balaban J connectivity index is 2.16. The molecule has 0 saturated carbocycles. The Morgan fingerprint density at radius 1 is 1.32 bits per heavy atom. The number of thioether (sulfide) groups is 1. The molecule has 0 aromatic heterocycles. The fourth-order valence-corrected chi connectivity index (χ4v) is 3.38. The van der Waals surface area contributed by atoms with Crippen molar-refractivity contribution >= 4 is 23.6 Å². The van der Waals surface area contributed by atoms with Gasteiger partial charge in [-0.1, -0.05) is 19.9 Å². The third-order valence-corrected chi connectivity index (χ3v) is 4.96. The maximum Gasteiger partial charge on any atom is 0.446 e. The van der Waals surface area contributed by atoms with E-state index in [-0.39, 0.29) is 18.2 Å². The summed E-state index contributed by atoms with van der Waals surface area (Å²) in [6, 6.07) is 1.98. The molecular weight excluding hydrogens is 400 g/mol. The summed E-state index contributed by atoms with van der Waals surface area (Å²) in [4.78, 5) is 23.8. The first kappa shape index (κ1) is 22.4.